The van der Waals surface area contributed by atoms with Crippen LogP contribution < -0.4 is 5.73 Å². The molecule has 0 saturated heterocycles. The molecule has 1 aromatic carbocycles. The fourth-order valence-corrected chi connectivity index (χ4v) is 1.96. The van der Waals surface area contributed by atoms with E-state index >= 15 is 0 Å². The van der Waals surface area contributed by atoms with Crippen molar-refractivity contribution in [3.63, 3.8) is 0 Å². The molecule has 0 aliphatic heterocycles. The minimum atomic E-state index is 0.160. The quantitative estimate of drug-likeness (QED) is 0.787. The second-order valence-electron chi connectivity index (χ2n) is 5.44. The number of hydrogen-bond donors (Lipinski definition) is 1. The van der Waals surface area contributed by atoms with E-state index in [-0.39, 0.29) is 11.9 Å². The van der Waals surface area contributed by atoms with Crippen LogP contribution >= 0.6 is 0 Å². The number of carbonyl (C=O) groups is 1. The van der Waals surface area contributed by atoms with Crippen LogP contribution in [-0.4, -0.2) is 48.4 Å². The van der Waals surface area contributed by atoms with E-state index in [0.717, 1.165) is 19.5 Å². The third kappa shape index (κ3) is 5.72. The van der Waals surface area contributed by atoms with Gasteiger partial charge in [-0.1, -0.05) is 30.3 Å². The molecule has 0 fully saturated rings. The molecule has 0 saturated carbocycles. The van der Waals surface area contributed by atoms with E-state index in [1.165, 1.54) is 5.56 Å². The molecule has 0 spiro atoms. The fraction of sp³-hybridized carbons (Fsp3) is 0.562. The number of nitrogens with two attached hydrogens (primary N) is 1. The van der Waals surface area contributed by atoms with Crippen LogP contribution in [0.5, 0.6) is 0 Å². The first kappa shape index (κ1) is 16.7. The zero-order chi connectivity index (χ0) is 15.0. The summed E-state index contributed by atoms with van der Waals surface area (Å²) in [6, 6.07) is 10.5. The maximum atomic E-state index is 12.2. The van der Waals surface area contributed by atoms with Gasteiger partial charge in [0.05, 0.1) is 6.54 Å². The third-order valence-electron chi connectivity index (χ3n) is 3.45. The minimum absolute atomic E-state index is 0.160. The lowest BCUT2D eigenvalue weighted by Gasteiger charge is -2.27. The largest absolute Gasteiger partial charge is 0.342 e. The predicted octanol–water partition coefficient (Wildman–Crippen LogP) is 1.70. The van der Waals surface area contributed by atoms with Gasteiger partial charge >= 0.3 is 0 Å². The summed E-state index contributed by atoms with van der Waals surface area (Å²) in [6.07, 6.45) is 0.908. The highest BCUT2D eigenvalue weighted by Crippen LogP contribution is 2.06. The highest BCUT2D eigenvalue weighted by atomic mass is 16.2. The van der Waals surface area contributed by atoms with Gasteiger partial charge in [-0.05, 0) is 32.4 Å². The molecule has 0 radical (unpaired) electrons. The van der Waals surface area contributed by atoms with Gasteiger partial charge in [0.25, 0.3) is 0 Å². The van der Waals surface area contributed by atoms with Crippen LogP contribution in [0.25, 0.3) is 0 Å². The standard InChI is InChI=1S/C16H27N3O/c1-14(2)18(3)16(20)13-19(11-7-10-17)12-15-8-5-4-6-9-15/h4-6,8-9,14H,7,10-13,17H2,1-3H3. The Morgan fingerprint density at radius 1 is 1.25 bits per heavy atom. The smallest absolute Gasteiger partial charge is 0.236 e. The Labute approximate surface area is 122 Å². The Morgan fingerprint density at radius 3 is 2.45 bits per heavy atom. The Morgan fingerprint density at radius 2 is 1.90 bits per heavy atom. The van der Waals surface area contributed by atoms with Crippen LogP contribution in [0.1, 0.15) is 25.8 Å². The maximum Gasteiger partial charge on any atom is 0.236 e. The van der Waals surface area contributed by atoms with Crippen LogP contribution in [0.4, 0.5) is 0 Å². The predicted molar refractivity (Wildman–Crippen MR) is 83.3 cm³/mol. The van der Waals surface area contributed by atoms with Crippen LogP contribution in [0.3, 0.4) is 0 Å². The van der Waals surface area contributed by atoms with E-state index in [2.05, 4.69) is 17.0 Å². The molecule has 0 aliphatic carbocycles. The summed E-state index contributed by atoms with van der Waals surface area (Å²) in [6.45, 7) is 6.79. The number of amides is 1. The van der Waals surface area contributed by atoms with Gasteiger partial charge < -0.3 is 10.6 Å². The van der Waals surface area contributed by atoms with Gasteiger partial charge in [0, 0.05) is 26.2 Å². The number of hydrogen-bond acceptors (Lipinski definition) is 3. The van der Waals surface area contributed by atoms with Crippen molar-refractivity contribution in [2.45, 2.75) is 32.9 Å². The fourth-order valence-electron chi connectivity index (χ4n) is 1.96. The first-order chi connectivity index (χ1) is 9.54. The molecule has 0 aliphatic rings. The number of carbonyl (C=O) groups excluding carboxylic acids is 1. The van der Waals surface area contributed by atoms with Gasteiger partial charge in [-0.3, -0.25) is 9.69 Å². The van der Waals surface area contributed by atoms with Gasteiger partial charge in [-0.2, -0.15) is 0 Å². The SMILES string of the molecule is CC(C)N(C)C(=O)CN(CCCN)Cc1ccccc1. The highest BCUT2D eigenvalue weighted by Gasteiger charge is 2.16. The molecule has 4 nitrogen and oxygen atoms in total. The first-order valence-electron chi connectivity index (χ1n) is 7.26. The molecule has 1 amide bonds. The first-order valence-corrected chi connectivity index (χ1v) is 7.26. The van der Waals surface area contributed by atoms with Crippen LogP contribution in [-0.2, 0) is 11.3 Å². The zero-order valence-corrected chi connectivity index (χ0v) is 12.9. The molecule has 0 bridgehead atoms. The van der Waals surface area contributed by atoms with E-state index in [0.29, 0.717) is 13.1 Å². The van der Waals surface area contributed by atoms with Gasteiger partial charge in [0.1, 0.15) is 0 Å². The number of benzene rings is 1. The average Bonchev–Trinajstić information content (AvgIpc) is 2.44. The van der Waals surface area contributed by atoms with Crippen LogP contribution in [0.2, 0.25) is 0 Å². The maximum absolute atomic E-state index is 12.2. The van der Waals surface area contributed by atoms with Gasteiger partial charge in [-0.15, -0.1) is 0 Å². The van der Waals surface area contributed by atoms with Gasteiger partial charge in [-0.25, -0.2) is 0 Å². The highest BCUT2D eigenvalue weighted by molar-refractivity contribution is 5.78. The molecule has 0 unspecified atom stereocenters. The summed E-state index contributed by atoms with van der Waals surface area (Å²) in [5, 5.41) is 0. The van der Waals surface area contributed by atoms with Crippen molar-refractivity contribution in [2.75, 3.05) is 26.7 Å². The lowest BCUT2D eigenvalue weighted by Crippen LogP contribution is -2.41. The molecule has 112 valence electrons. The molecular weight excluding hydrogens is 250 g/mol. The van der Waals surface area contributed by atoms with Crippen molar-refractivity contribution in [2.24, 2.45) is 5.73 Å². The van der Waals surface area contributed by atoms with E-state index < -0.39 is 0 Å². The molecule has 20 heavy (non-hydrogen) atoms. The van der Waals surface area contributed by atoms with E-state index in [1.807, 2.05) is 39.1 Å². The molecule has 4 heteroatoms. The molecule has 1 rings (SSSR count). The number of nitrogens with zero attached hydrogens (tertiary/aromatic N) is 2. The summed E-state index contributed by atoms with van der Waals surface area (Å²) in [7, 11) is 1.86. The Balaban J connectivity index is 2.62. The molecule has 0 heterocycles. The zero-order valence-electron chi connectivity index (χ0n) is 12.9. The summed E-state index contributed by atoms with van der Waals surface area (Å²) in [5.74, 6) is 0.160. The molecule has 0 atom stereocenters. The number of likely N-dealkylation sites (N-methyl/N-ethyl adjacent to an activating group) is 1. The molecule has 2 N–H and O–H groups in total. The lowest BCUT2D eigenvalue weighted by atomic mass is 10.2. The summed E-state index contributed by atoms with van der Waals surface area (Å²) < 4.78 is 0. The van der Waals surface area contributed by atoms with Gasteiger partial charge in [0.15, 0.2) is 0 Å². The van der Waals surface area contributed by atoms with Crippen molar-refractivity contribution in [3.05, 3.63) is 35.9 Å². The summed E-state index contributed by atoms with van der Waals surface area (Å²) >= 11 is 0. The second kappa shape index (κ2) is 8.72. The van der Waals surface area contributed by atoms with E-state index in [9.17, 15) is 4.79 Å². The van der Waals surface area contributed by atoms with Crippen molar-refractivity contribution < 1.29 is 4.79 Å². The van der Waals surface area contributed by atoms with Gasteiger partial charge in [0.2, 0.25) is 5.91 Å². The van der Waals surface area contributed by atoms with Crippen molar-refractivity contribution in [1.82, 2.24) is 9.80 Å². The molecule has 1 aromatic rings. The summed E-state index contributed by atoms with van der Waals surface area (Å²) in [4.78, 5) is 16.2. The average molecular weight is 277 g/mol. The van der Waals surface area contributed by atoms with E-state index in [4.69, 9.17) is 5.73 Å². The Kier molecular flexibility index (Phi) is 7.26. The molecule has 0 aromatic heterocycles. The van der Waals surface area contributed by atoms with Crippen LogP contribution in [0, 0.1) is 0 Å². The Bertz CT molecular complexity index is 392. The van der Waals surface area contributed by atoms with Crippen molar-refractivity contribution in [3.8, 4) is 0 Å². The molecular formula is C16H27N3O. The Hall–Kier alpha value is -1.39. The van der Waals surface area contributed by atoms with Crippen LogP contribution in [0.15, 0.2) is 30.3 Å². The minimum Gasteiger partial charge on any atom is -0.342 e. The normalized spacial score (nSPS) is 11.1. The van der Waals surface area contributed by atoms with Crippen molar-refractivity contribution in [1.29, 1.82) is 0 Å². The third-order valence-corrected chi connectivity index (χ3v) is 3.45. The monoisotopic (exact) mass is 277 g/mol. The number of rotatable bonds is 8. The topological polar surface area (TPSA) is 49.6 Å². The second-order valence-corrected chi connectivity index (χ2v) is 5.44. The summed E-state index contributed by atoms with van der Waals surface area (Å²) in [5.41, 5.74) is 6.81. The van der Waals surface area contributed by atoms with E-state index in [1.54, 1.807) is 4.90 Å². The lowest BCUT2D eigenvalue weighted by molar-refractivity contribution is -0.132. The van der Waals surface area contributed by atoms with Crippen molar-refractivity contribution >= 4 is 5.91 Å².